The summed E-state index contributed by atoms with van der Waals surface area (Å²) in [6, 6.07) is 19.1. The van der Waals surface area contributed by atoms with Gasteiger partial charge in [-0.05, 0) is 67.3 Å². The summed E-state index contributed by atoms with van der Waals surface area (Å²) in [6.45, 7) is 4.23. The second-order valence-electron chi connectivity index (χ2n) is 10.8. The van der Waals surface area contributed by atoms with E-state index in [9.17, 15) is 27.9 Å². The van der Waals surface area contributed by atoms with Gasteiger partial charge in [0.05, 0.1) is 18.7 Å². The zero-order valence-electron chi connectivity index (χ0n) is 25.1. The van der Waals surface area contributed by atoms with E-state index >= 15 is 0 Å². The van der Waals surface area contributed by atoms with Crippen molar-refractivity contribution in [3.8, 4) is 5.75 Å². The molecule has 12 heteroatoms. The van der Waals surface area contributed by atoms with Gasteiger partial charge in [0.2, 0.25) is 0 Å². The minimum atomic E-state index is -4.80. The molecule has 4 aromatic rings. The van der Waals surface area contributed by atoms with E-state index in [0.29, 0.717) is 24.1 Å². The molecule has 0 aliphatic heterocycles. The van der Waals surface area contributed by atoms with Crippen LogP contribution in [0.2, 0.25) is 0 Å². The first-order chi connectivity index (χ1) is 21.4. The lowest BCUT2D eigenvalue weighted by molar-refractivity contribution is -0.274. The second-order valence-corrected chi connectivity index (χ2v) is 11.7. The van der Waals surface area contributed by atoms with Gasteiger partial charge >= 0.3 is 6.36 Å². The van der Waals surface area contributed by atoms with Gasteiger partial charge in [-0.1, -0.05) is 42.5 Å². The Morgan fingerprint density at radius 2 is 1.71 bits per heavy atom. The second kappa shape index (κ2) is 15.2. The number of ether oxygens (including phenoxy) is 1. The molecule has 0 unspecified atom stereocenters. The lowest BCUT2D eigenvalue weighted by atomic mass is 9.99. The number of halogens is 3. The van der Waals surface area contributed by atoms with E-state index in [1.54, 1.807) is 37.1 Å². The number of rotatable bonds is 13. The van der Waals surface area contributed by atoms with E-state index in [0.717, 1.165) is 21.8 Å². The first kappa shape index (κ1) is 33.6. The third-order valence-electron chi connectivity index (χ3n) is 6.87. The normalized spacial score (nSPS) is 12.8. The molecule has 3 N–H and O–H groups in total. The molecule has 2 atom stereocenters. The van der Waals surface area contributed by atoms with Gasteiger partial charge in [0.1, 0.15) is 10.8 Å². The standard InChI is InChI=1S/C33H35F3N4O4S/c1-21-12-25(16-26(13-21)32(43)40(3)19-30-38-22(2)20-45-30)31(42)39-28(15-23-8-5-4-6-9-23)29(41)18-37-17-24-10-7-11-27(14-24)44-33(34,35)36/h4-14,16,20,28-29,37,41H,15,17-19H2,1-3H3,(H,39,42)/t28-,29+/m0/s1. The summed E-state index contributed by atoms with van der Waals surface area (Å²) in [5.41, 5.74) is 3.66. The van der Waals surface area contributed by atoms with Crippen molar-refractivity contribution in [3.63, 3.8) is 0 Å². The quantitative estimate of drug-likeness (QED) is 0.180. The van der Waals surface area contributed by atoms with Crippen molar-refractivity contribution < 1.29 is 32.6 Å². The fourth-order valence-corrected chi connectivity index (χ4v) is 5.59. The number of alkyl halides is 3. The van der Waals surface area contributed by atoms with Crippen molar-refractivity contribution in [1.82, 2.24) is 20.5 Å². The van der Waals surface area contributed by atoms with Gasteiger partial charge < -0.3 is 25.4 Å². The van der Waals surface area contributed by atoms with Crippen molar-refractivity contribution in [1.29, 1.82) is 0 Å². The van der Waals surface area contributed by atoms with Crippen molar-refractivity contribution in [3.05, 3.63) is 117 Å². The highest BCUT2D eigenvalue weighted by molar-refractivity contribution is 7.09. The smallest absolute Gasteiger partial charge is 0.406 e. The fourth-order valence-electron chi connectivity index (χ4n) is 4.77. The van der Waals surface area contributed by atoms with Gasteiger partial charge in [0, 0.05) is 42.3 Å². The van der Waals surface area contributed by atoms with Crippen LogP contribution in [0.3, 0.4) is 0 Å². The molecule has 1 heterocycles. The Morgan fingerprint density at radius 3 is 2.40 bits per heavy atom. The van der Waals surface area contributed by atoms with Crippen LogP contribution in [0.4, 0.5) is 13.2 Å². The summed E-state index contributed by atoms with van der Waals surface area (Å²) in [5.74, 6) is -1.05. The van der Waals surface area contributed by atoms with E-state index in [4.69, 9.17) is 0 Å². The van der Waals surface area contributed by atoms with Crippen LogP contribution in [0.1, 0.15) is 48.1 Å². The highest BCUT2D eigenvalue weighted by Crippen LogP contribution is 2.23. The number of hydrogen-bond acceptors (Lipinski definition) is 7. The average Bonchev–Trinajstić information content (AvgIpc) is 3.39. The summed E-state index contributed by atoms with van der Waals surface area (Å²) >= 11 is 1.47. The molecule has 0 saturated heterocycles. The first-order valence-corrected chi connectivity index (χ1v) is 15.1. The van der Waals surface area contributed by atoms with Gasteiger partial charge in [-0.25, -0.2) is 4.98 Å². The molecule has 45 heavy (non-hydrogen) atoms. The van der Waals surface area contributed by atoms with Crippen LogP contribution < -0.4 is 15.4 Å². The molecular formula is C33H35F3N4O4S. The fraction of sp³-hybridized carbons (Fsp3) is 0.303. The average molecular weight is 641 g/mol. The molecule has 0 spiro atoms. The topological polar surface area (TPSA) is 104 Å². The van der Waals surface area contributed by atoms with Crippen LogP contribution in [0.15, 0.2) is 78.2 Å². The van der Waals surface area contributed by atoms with Crippen molar-refractivity contribution in [2.75, 3.05) is 13.6 Å². The van der Waals surface area contributed by atoms with Crippen LogP contribution in [0, 0.1) is 13.8 Å². The Balaban J connectivity index is 1.44. The largest absolute Gasteiger partial charge is 0.573 e. The van der Waals surface area contributed by atoms with E-state index in [1.807, 2.05) is 42.6 Å². The molecule has 0 radical (unpaired) electrons. The van der Waals surface area contributed by atoms with E-state index in [-0.39, 0.29) is 30.3 Å². The Labute approximate surface area is 263 Å². The first-order valence-electron chi connectivity index (χ1n) is 14.2. The third kappa shape index (κ3) is 10.4. The van der Waals surface area contributed by atoms with E-state index < -0.39 is 24.4 Å². The van der Waals surface area contributed by atoms with Gasteiger partial charge in [-0.2, -0.15) is 0 Å². The summed E-state index contributed by atoms with van der Waals surface area (Å²) in [4.78, 5) is 32.7. The number of aryl methyl sites for hydroxylation is 2. The Morgan fingerprint density at radius 1 is 1.00 bits per heavy atom. The predicted octanol–water partition coefficient (Wildman–Crippen LogP) is 5.42. The lowest BCUT2D eigenvalue weighted by Gasteiger charge is -2.25. The molecule has 2 amide bonds. The molecule has 8 nitrogen and oxygen atoms in total. The van der Waals surface area contributed by atoms with Gasteiger partial charge in [0.15, 0.2) is 0 Å². The number of carbonyl (C=O) groups is 2. The lowest BCUT2D eigenvalue weighted by Crippen LogP contribution is -2.48. The number of nitrogens with one attached hydrogen (secondary N) is 2. The number of thiazole rings is 1. The molecule has 0 aliphatic rings. The number of aliphatic hydroxyl groups excluding tert-OH is 1. The minimum Gasteiger partial charge on any atom is -0.406 e. The predicted molar refractivity (Wildman–Crippen MR) is 166 cm³/mol. The summed E-state index contributed by atoms with van der Waals surface area (Å²) in [6.07, 6.45) is -5.53. The number of amides is 2. The van der Waals surface area contributed by atoms with E-state index in [2.05, 4.69) is 20.4 Å². The molecule has 0 fully saturated rings. The number of aromatic nitrogens is 1. The van der Waals surface area contributed by atoms with Crippen molar-refractivity contribution in [2.45, 2.75) is 51.9 Å². The zero-order valence-corrected chi connectivity index (χ0v) is 25.9. The highest BCUT2D eigenvalue weighted by Gasteiger charge is 2.31. The number of nitrogens with zero attached hydrogens (tertiary/aromatic N) is 2. The van der Waals surface area contributed by atoms with Crippen LogP contribution in [0.5, 0.6) is 5.75 Å². The Kier molecular flexibility index (Phi) is 11.3. The maximum absolute atomic E-state index is 13.5. The summed E-state index contributed by atoms with van der Waals surface area (Å²) in [5, 5.41) is 19.8. The van der Waals surface area contributed by atoms with Crippen LogP contribution in [-0.4, -0.2) is 58.9 Å². The van der Waals surface area contributed by atoms with Crippen LogP contribution in [-0.2, 0) is 19.5 Å². The molecule has 0 bridgehead atoms. The van der Waals surface area contributed by atoms with Gasteiger partial charge in [-0.3, -0.25) is 9.59 Å². The molecular weight excluding hydrogens is 605 g/mol. The maximum atomic E-state index is 13.5. The highest BCUT2D eigenvalue weighted by atomic mass is 32.1. The number of hydrogen-bond donors (Lipinski definition) is 3. The zero-order chi connectivity index (χ0) is 32.6. The van der Waals surface area contributed by atoms with E-state index in [1.165, 1.54) is 35.6 Å². The van der Waals surface area contributed by atoms with Gasteiger partial charge in [0.25, 0.3) is 11.8 Å². The Bertz CT molecular complexity index is 1600. The van der Waals surface area contributed by atoms with Gasteiger partial charge in [-0.15, -0.1) is 24.5 Å². The summed E-state index contributed by atoms with van der Waals surface area (Å²) in [7, 11) is 1.68. The minimum absolute atomic E-state index is 0.0424. The SMILES string of the molecule is Cc1cc(C(=O)N[C@@H](Cc2ccccc2)[C@H](O)CNCc2cccc(OC(F)(F)F)c2)cc(C(=O)N(C)Cc2nc(C)cs2)c1. The molecule has 0 aliphatic carbocycles. The van der Waals surface area contributed by atoms with Crippen molar-refractivity contribution >= 4 is 23.2 Å². The Hall–Kier alpha value is -4.26. The van der Waals surface area contributed by atoms with Crippen molar-refractivity contribution in [2.24, 2.45) is 0 Å². The molecule has 4 rings (SSSR count). The number of benzene rings is 3. The summed E-state index contributed by atoms with van der Waals surface area (Å²) < 4.78 is 41.8. The number of aliphatic hydroxyl groups is 1. The maximum Gasteiger partial charge on any atom is 0.573 e. The van der Waals surface area contributed by atoms with Crippen LogP contribution >= 0.6 is 11.3 Å². The molecule has 3 aromatic carbocycles. The number of carbonyl (C=O) groups excluding carboxylic acids is 2. The molecule has 1 aromatic heterocycles. The molecule has 0 saturated carbocycles. The third-order valence-corrected chi connectivity index (χ3v) is 7.82. The molecule has 238 valence electrons. The monoisotopic (exact) mass is 640 g/mol. The van der Waals surface area contributed by atoms with Crippen LogP contribution in [0.25, 0.3) is 0 Å².